The zero-order valence-corrected chi connectivity index (χ0v) is 18.4. The van der Waals surface area contributed by atoms with E-state index in [4.69, 9.17) is 10.7 Å². The van der Waals surface area contributed by atoms with Crippen molar-refractivity contribution in [1.29, 1.82) is 0 Å². The van der Waals surface area contributed by atoms with Crippen molar-refractivity contribution in [2.45, 2.75) is 59.5 Å². The fourth-order valence-electron chi connectivity index (χ4n) is 3.85. The van der Waals surface area contributed by atoms with Gasteiger partial charge in [0.05, 0.1) is 12.5 Å². The summed E-state index contributed by atoms with van der Waals surface area (Å²) < 4.78 is 0. The van der Waals surface area contributed by atoms with Crippen LogP contribution < -0.4 is 16.4 Å². The molecule has 0 radical (unpaired) electrons. The molecule has 1 aromatic carbocycles. The van der Waals surface area contributed by atoms with E-state index in [2.05, 4.69) is 60.6 Å². The van der Waals surface area contributed by atoms with Crippen LogP contribution in [0.5, 0.6) is 0 Å². The number of hydrogen-bond donors (Lipinski definition) is 3. The number of piperidine rings is 1. The first-order valence-electron chi connectivity index (χ1n) is 11.2. The van der Waals surface area contributed by atoms with Gasteiger partial charge in [-0.2, -0.15) is 0 Å². The quantitative estimate of drug-likeness (QED) is 0.416. The molecule has 29 heavy (non-hydrogen) atoms. The van der Waals surface area contributed by atoms with Crippen LogP contribution in [0.3, 0.4) is 0 Å². The summed E-state index contributed by atoms with van der Waals surface area (Å²) in [5.41, 5.74) is 7.97. The summed E-state index contributed by atoms with van der Waals surface area (Å²) in [7, 11) is 0. The standard InChI is InChI=1S/C23H39N5O/c1-4-18(5-2)14-26-23(25-6-3)27-15-19-9-7-10-20(13-19)16-28-12-8-11-21(17-28)22(24)29/h7,9-10,13,18,21H,4-6,8,11-12,14-17H2,1-3H3,(H2,24,29)(H2,25,26,27). The lowest BCUT2D eigenvalue weighted by molar-refractivity contribution is -0.123. The van der Waals surface area contributed by atoms with E-state index in [1.807, 2.05) is 0 Å². The number of nitrogens with two attached hydrogens (primary N) is 1. The molecule has 1 aliphatic heterocycles. The molecule has 0 aliphatic carbocycles. The molecule has 6 heteroatoms. The third-order valence-electron chi connectivity index (χ3n) is 5.78. The number of guanidine groups is 1. The number of carbonyl (C=O) groups excluding carboxylic acids is 1. The van der Waals surface area contributed by atoms with Gasteiger partial charge in [-0.25, -0.2) is 4.99 Å². The van der Waals surface area contributed by atoms with Crippen LogP contribution in [0.4, 0.5) is 0 Å². The molecule has 2 rings (SSSR count). The van der Waals surface area contributed by atoms with Crippen LogP contribution in [0.15, 0.2) is 29.3 Å². The Morgan fingerprint density at radius 1 is 1.24 bits per heavy atom. The summed E-state index contributed by atoms with van der Waals surface area (Å²) in [6, 6.07) is 8.60. The van der Waals surface area contributed by atoms with Crippen LogP contribution >= 0.6 is 0 Å². The van der Waals surface area contributed by atoms with Gasteiger partial charge in [-0.15, -0.1) is 0 Å². The van der Waals surface area contributed by atoms with E-state index in [9.17, 15) is 4.79 Å². The molecule has 1 saturated heterocycles. The highest BCUT2D eigenvalue weighted by molar-refractivity contribution is 5.79. The first-order valence-corrected chi connectivity index (χ1v) is 11.2. The van der Waals surface area contributed by atoms with Crippen molar-refractivity contribution in [3.05, 3.63) is 35.4 Å². The zero-order valence-electron chi connectivity index (χ0n) is 18.4. The third-order valence-corrected chi connectivity index (χ3v) is 5.78. The van der Waals surface area contributed by atoms with Crippen LogP contribution in [0.1, 0.15) is 57.6 Å². The summed E-state index contributed by atoms with van der Waals surface area (Å²) in [6.07, 6.45) is 4.31. The fraction of sp³-hybridized carbons (Fsp3) is 0.652. The highest BCUT2D eigenvalue weighted by atomic mass is 16.1. The van der Waals surface area contributed by atoms with Crippen molar-refractivity contribution in [3.63, 3.8) is 0 Å². The average molecular weight is 402 g/mol. The Hall–Kier alpha value is -2.08. The fourth-order valence-corrected chi connectivity index (χ4v) is 3.85. The Morgan fingerprint density at radius 2 is 2.00 bits per heavy atom. The number of carbonyl (C=O) groups is 1. The molecular weight excluding hydrogens is 362 g/mol. The minimum atomic E-state index is -0.172. The van der Waals surface area contributed by atoms with Crippen molar-refractivity contribution in [2.75, 3.05) is 26.2 Å². The molecule has 0 saturated carbocycles. The van der Waals surface area contributed by atoms with E-state index >= 15 is 0 Å². The second kappa shape index (κ2) is 12.5. The monoisotopic (exact) mass is 401 g/mol. The number of nitrogens with zero attached hydrogens (tertiary/aromatic N) is 2. The molecule has 0 bridgehead atoms. The maximum Gasteiger partial charge on any atom is 0.221 e. The maximum atomic E-state index is 11.5. The summed E-state index contributed by atoms with van der Waals surface area (Å²) in [6.45, 7) is 11.7. The molecule has 4 N–H and O–H groups in total. The van der Waals surface area contributed by atoms with Gasteiger partial charge in [0.2, 0.25) is 5.91 Å². The first kappa shape index (κ1) is 23.2. The number of hydrogen-bond acceptors (Lipinski definition) is 3. The summed E-state index contributed by atoms with van der Waals surface area (Å²) in [5.74, 6) is 1.37. The normalized spacial score (nSPS) is 18.1. The molecule has 1 fully saturated rings. The van der Waals surface area contributed by atoms with Gasteiger partial charge in [0.15, 0.2) is 5.96 Å². The number of benzene rings is 1. The van der Waals surface area contributed by atoms with Gasteiger partial charge in [-0.3, -0.25) is 9.69 Å². The predicted molar refractivity (Wildman–Crippen MR) is 121 cm³/mol. The van der Waals surface area contributed by atoms with Crippen molar-refractivity contribution in [1.82, 2.24) is 15.5 Å². The third kappa shape index (κ3) is 8.05. The van der Waals surface area contributed by atoms with E-state index in [-0.39, 0.29) is 11.8 Å². The lowest BCUT2D eigenvalue weighted by Gasteiger charge is -2.31. The molecule has 1 amide bonds. The Bertz CT molecular complexity index is 656. The van der Waals surface area contributed by atoms with Crippen LogP contribution in [0.2, 0.25) is 0 Å². The summed E-state index contributed by atoms with van der Waals surface area (Å²) in [5, 5.41) is 6.81. The Morgan fingerprint density at radius 3 is 2.69 bits per heavy atom. The molecular formula is C23H39N5O. The topological polar surface area (TPSA) is 82.8 Å². The minimum absolute atomic E-state index is 0.0136. The summed E-state index contributed by atoms with van der Waals surface area (Å²) in [4.78, 5) is 18.6. The van der Waals surface area contributed by atoms with Gasteiger partial charge in [0.25, 0.3) is 0 Å². The molecule has 0 spiro atoms. The lowest BCUT2D eigenvalue weighted by atomic mass is 9.97. The van der Waals surface area contributed by atoms with Gasteiger partial charge in [0, 0.05) is 26.2 Å². The van der Waals surface area contributed by atoms with E-state index in [0.717, 1.165) is 51.5 Å². The molecule has 1 unspecified atom stereocenters. The zero-order chi connectivity index (χ0) is 21.1. The Kier molecular flexibility index (Phi) is 9.98. The number of primary amides is 1. The molecule has 162 valence electrons. The largest absolute Gasteiger partial charge is 0.369 e. The molecule has 1 heterocycles. The van der Waals surface area contributed by atoms with Gasteiger partial charge < -0.3 is 16.4 Å². The number of aliphatic imine (C=N–C) groups is 1. The average Bonchev–Trinajstić information content (AvgIpc) is 2.73. The minimum Gasteiger partial charge on any atom is -0.369 e. The van der Waals surface area contributed by atoms with Crippen molar-refractivity contribution in [3.8, 4) is 0 Å². The SMILES string of the molecule is CCNC(=NCc1cccc(CN2CCCC(C(N)=O)C2)c1)NCC(CC)CC. The molecule has 1 aromatic rings. The summed E-state index contributed by atoms with van der Waals surface area (Å²) >= 11 is 0. The van der Waals surface area contributed by atoms with Crippen molar-refractivity contribution < 1.29 is 4.79 Å². The van der Waals surface area contributed by atoms with Gasteiger partial charge in [-0.05, 0) is 43.4 Å². The van der Waals surface area contributed by atoms with Gasteiger partial charge >= 0.3 is 0 Å². The van der Waals surface area contributed by atoms with Crippen molar-refractivity contribution in [2.24, 2.45) is 22.6 Å². The highest BCUT2D eigenvalue weighted by Gasteiger charge is 2.23. The molecule has 1 aliphatic rings. The highest BCUT2D eigenvalue weighted by Crippen LogP contribution is 2.19. The Balaban J connectivity index is 1.94. The van der Waals surface area contributed by atoms with Crippen molar-refractivity contribution >= 4 is 11.9 Å². The number of likely N-dealkylation sites (tertiary alicyclic amines) is 1. The van der Waals surface area contributed by atoms with Crippen LogP contribution in [-0.2, 0) is 17.9 Å². The lowest BCUT2D eigenvalue weighted by Crippen LogP contribution is -2.40. The van der Waals surface area contributed by atoms with E-state index in [0.29, 0.717) is 12.5 Å². The van der Waals surface area contributed by atoms with E-state index < -0.39 is 0 Å². The van der Waals surface area contributed by atoms with E-state index in [1.54, 1.807) is 0 Å². The molecule has 1 atom stereocenters. The van der Waals surface area contributed by atoms with Gasteiger partial charge in [0.1, 0.15) is 0 Å². The van der Waals surface area contributed by atoms with Gasteiger partial charge in [-0.1, -0.05) is 51.0 Å². The number of nitrogens with one attached hydrogen (secondary N) is 2. The molecule has 0 aromatic heterocycles. The second-order valence-corrected chi connectivity index (χ2v) is 8.06. The number of rotatable bonds is 10. The Labute approximate surface area is 176 Å². The van der Waals surface area contributed by atoms with Crippen LogP contribution in [0.25, 0.3) is 0 Å². The van der Waals surface area contributed by atoms with Crippen LogP contribution in [0, 0.1) is 11.8 Å². The number of amides is 1. The molecule has 6 nitrogen and oxygen atoms in total. The predicted octanol–water partition coefficient (Wildman–Crippen LogP) is 2.88. The smallest absolute Gasteiger partial charge is 0.221 e. The first-order chi connectivity index (χ1) is 14.0. The second-order valence-electron chi connectivity index (χ2n) is 8.06. The maximum absolute atomic E-state index is 11.5. The van der Waals surface area contributed by atoms with E-state index in [1.165, 1.54) is 24.0 Å². The van der Waals surface area contributed by atoms with Crippen LogP contribution in [-0.4, -0.2) is 42.9 Å².